The molecule has 5 nitrogen and oxygen atoms in total. The molecule has 1 fully saturated rings. The maximum Gasteiger partial charge on any atom is 0.246 e. The lowest BCUT2D eigenvalue weighted by Gasteiger charge is -2.24. The van der Waals surface area contributed by atoms with E-state index < -0.39 is 32.7 Å². The van der Waals surface area contributed by atoms with E-state index in [1.165, 1.54) is 13.0 Å². The van der Waals surface area contributed by atoms with Crippen molar-refractivity contribution >= 4 is 27.5 Å². The molecule has 0 bridgehead atoms. The van der Waals surface area contributed by atoms with Gasteiger partial charge < -0.3 is 5.32 Å². The van der Waals surface area contributed by atoms with Crippen LogP contribution in [0.5, 0.6) is 0 Å². The molecule has 1 aromatic carbocycles. The molecule has 8 heteroatoms. The van der Waals surface area contributed by atoms with E-state index in [4.69, 9.17) is 11.6 Å². The molecule has 1 aliphatic heterocycles. The third-order valence-electron chi connectivity index (χ3n) is 3.15. The molecule has 1 aliphatic rings. The molecule has 1 heterocycles. The van der Waals surface area contributed by atoms with E-state index >= 15 is 0 Å². The highest BCUT2D eigenvalue weighted by molar-refractivity contribution is 7.89. The first-order valence-electron chi connectivity index (χ1n) is 6.08. The maximum absolute atomic E-state index is 13.8. The van der Waals surface area contributed by atoms with E-state index in [-0.39, 0.29) is 11.6 Å². The highest BCUT2D eigenvalue weighted by Crippen LogP contribution is 2.25. The summed E-state index contributed by atoms with van der Waals surface area (Å²) in [4.78, 5) is 11.2. The van der Waals surface area contributed by atoms with E-state index in [0.717, 1.165) is 16.4 Å². The lowest BCUT2D eigenvalue weighted by Crippen LogP contribution is -2.45. The molecule has 1 saturated heterocycles. The van der Waals surface area contributed by atoms with Crippen LogP contribution in [-0.4, -0.2) is 37.8 Å². The molecule has 20 heavy (non-hydrogen) atoms. The van der Waals surface area contributed by atoms with Crippen molar-refractivity contribution in [3.05, 3.63) is 29.0 Å². The first-order chi connectivity index (χ1) is 9.34. The number of carbonyl (C=O) groups is 1. The minimum atomic E-state index is -4.11. The summed E-state index contributed by atoms with van der Waals surface area (Å²) in [6, 6.07) is 2.44. The summed E-state index contributed by atoms with van der Waals surface area (Å²) in [5.74, 6) is -1.28. The summed E-state index contributed by atoms with van der Waals surface area (Å²) in [6.45, 7) is 2.02. The van der Waals surface area contributed by atoms with Gasteiger partial charge in [0.15, 0.2) is 0 Å². The van der Waals surface area contributed by atoms with Crippen molar-refractivity contribution < 1.29 is 17.6 Å². The van der Waals surface area contributed by atoms with E-state index in [2.05, 4.69) is 5.32 Å². The van der Waals surface area contributed by atoms with Crippen molar-refractivity contribution in [1.82, 2.24) is 9.62 Å². The van der Waals surface area contributed by atoms with Crippen molar-refractivity contribution in [2.24, 2.45) is 0 Å². The van der Waals surface area contributed by atoms with Gasteiger partial charge in [0.05, 0.1) is 0 Å². The number of nitrogens with one attached hydrogen (secondary N) is 1. The van der Waals surface area contributed by atoms with Crippen LogP contribution < -0.4 is 5.32 Å². The molecular weight excluding hydrogens is 307 g/mol. The first kappa shape index (κ1) is 15.2. The zero-order valence-electron chi connectivity index (χ0n) is 10.8. The van der Waals surface area contributed by atoms with Gasteiger partial charge in [-0.3, -0.25) is 4.79 Å². The highest BCUT2D eigenvalue weighted by Gasteiger charge is 2.35. The molecule has 0 spiro atoms. The Morgan fingerprint density at radius 3 is 2.85 bits per heavy atom. The number of hydrogen-bond acceptors (Lipinski definition) is 3. The Labute approximate surface area is 121 Å². The fraction of sp³-hybridized carbons (Fsp3) is 0.417. The van der Waals surface area contributed by atoms with Gasteiger partial charge in [-0.25, -0.2) is 12.8 Å². The SMILES string of the molecule is CC1C(=O)NCCCN1S(=O)(=O)c1cc(Cl)ccc1F. The second-order valence-electron chi connectivity index (χ2n) is 4.51. The number of amides is 1. The zero-order chi connectivity index (χ0) is 14.9. The van der Waals surface area contributed by atoms with Crippen LogP contribution in [0.15, 0.2) is 23.1 Å². The quantitative estimate of drug-likeness (QED) is 0.895. The van der Waals surface area contributed by atoms with E-state index in [1.807, 2.05) is 0 Å². The molecule has 1 amide bonds. The van der Waals surface area contributed by atoms with Crippen LogP contribution >= 0.6 is 11.6 Å². The summed E-state index contributed by atoms with van der Waals surface area (Å²) < 4.78 is 39.8. The number of sulfonamides is 1. The van der Waals surface area contributed by atoms with Gasteiger partial charge in [0.2, 0.25) is 15.9 Å². The third kappa shape index (κ3) is 2.79. The van der Waals surface area contributed by atoms with Crippen molar-refractivity contribution in [3.8, 4) is 0 Å². The molecule has 1 N–H and O–H groups in total. The maximum atomic E-state index is 13.8. The lowest BCUT2D eigenvalue weighted by atomic mass is 10.3. The molecule has 1 aromatic rings. The largest absolute Gasteiger partial charge is 0.355 e. The van der Waals surface area contributed by atoms with Gasteiger partial charge in [-0.15, -0.1) is 0 Å². The van der Waals surface area contributed by atoms with Crippen molar-refractivity contribution in [2.75, 3.05) is 13.1 Å². The summed E-state index contributed by atoms with van der Waals surface area (Å²) in [5.41, 5.74) is 0. The van der Waals surface area contributed by atoms with Crippen molar-refractivity contribution in [2.45, 2.75) is 24.3 Å². The molecule has 2 rings (SSSR count). The van der Waals surface area contributed by atoms with Crippen LogP contribution in [0.25, 0.3) is 0 Å². The topological polar surface area (TPSA) is 66.5 Å². The van der Waals surface area contributed by atoms with Gasteiger partial charge in [-0.05, 0) is 31.5 Å². The Kier molecular flexibility index (Phi) is 4.31. The Bertz CT molecular complexity index is 636. The Hall–Kier alpha value is -1.18. The molecule has 110 valence electrons. The molecule has 1 unspecified atom stereocenters. The third-order valence-corrected chi connectivity index (χ3v) is 5.37. The van der Waals surface area contributed by atoms with Gasteiger partial charge in [0.1, 0.15) is 16.8 Å². The monoisotopic (exact) mass is 320 g/mol. The fourth-order valence-corrected chi connectivity index (χ4v) is 4.01. The fourth-order valence-electron chi connectivity index (χ4n) is 2.05. The van der Waals surface area contributed by atoms with Crippen molar-refractivity contribution in [3.63, 3.8) is 0 Å². The Morgan fingerprint density at radius 2 is 2.15 bits per heavy atom. The summed E-state index contributed by atoms with van der Waals surface area (Å²) in [6.07, 6.45) is 0.470. The van der Waals surface area contributed by atoms with Gasteiger partial charge in [0.25, 0.3) is 0 Å². The number of nitrogens with zero attached hydrogens (tertiary/aromatic N) is 1. The van der Waals surface area contributed by atoms with E-state index in [9.17, 15) is 17.6 Å². The number of halogens is 2. The van der Waals surface area contributed by atoms with Crippen LogP contribution in [0.2, 0.25) is 5.02 Å². The zero-order valence-corrected chi connectivity index (χ0v) is 12.3. The van der Waals surface area contributed by atoms with Gasteiger partial charge in [-0.1, -0.05) is 11.6 Å². The molecule has 1 atom stereocenters. The number of hydrogen-bond donors (Lipinski definition) is 1. The molecule has 0 radical (unpaired) electrons. The van der Waals surface area contributed by atoms with Gasteiger partial charge in [-0.2, -0.15) is 4.31 Å². The predicted molar refractivity (Wildman–Crippen MR) is 72.4 cm³/mol. The Morgan fingerprint density at radius 1 is 1.45 bits per heavy atom. The predicted octanol–water partition coefficient (Wildman–Crippen LogP) is 1.38. The number of carbonyl (C=O) groups excluding carboxylic acids is 1. The lowest BCUT2D eigenvalue weighted by molar-refractivity contribution is -0.123. The van der Waals surface area contributed by atoms with Gasteiger partial charge >= 0.3 is 0 Å². The van der Waals surface area contributed by atoms with Crippen LogP contribution in [0.4, 0.5) is 4.39 Å². The highest BCUT2D eigenvalue weighted by atomic mass is 35.5. The number of benzene rings is 1. The summed E-state index contributed by atoms with van der Waals surface area (Å²) in [5, 5.41) is 2.73. The normalized spacial score (nSPS) is 21.4. The average Bonchev–Trinajstić information content (AvgIpc) is 2.55. The number of rotatable bonds is 2. The molecular formula is C12H14ClFN2O3S. The molecule has 0 saturated carbocycles. The smallest absolute Gasteiger partial charge is 0.246 e. The minimum Gasteiger partial charge on any atom is -0.355 e. The van der Waals surface area contributed by atoms with Crippen molar-refractivity contribution in [1.29, 1.82) is 0 Å². The molecule has 0 aliphatic carbocycles. The van der Waals surface area contributed by atoms with E-state index in [1.54, 1.807) is 0 Å². The van der Waals surface area contributed by atoms with Crippen LogP contribution in [0.3, 0.4) is 0 Å². The second kappa shape index (κ2) is 5.67. The second-order valence-corrected chi connectivity index (χ2v) is 6.81. The first-order valence-corrected chi connectivity index (χ1v) is 7.90. The van der Waals surface area contributed by atoms with Crippen LogP contribution in [-0.2, 0) is 14.8 Å². The standard InChI is InChI=1S/C12H14ClFN2O3S/c1-8-12(17)15-5-2-6-16(8)20(18,19)11-7-9(13)3-4-10(11)14/h3-4,7-8H,2,5-6H2,1H3,(H,15,17). The van der Waals surface area contributed by atoms with Crippen LogP contribution in [0, 0.1) is 5.82 Å². The van der Waals surface area contributed by atoms with E-state index in [0.29, 0.717) is 13.0 Å². The summed E-state index contributed by atoms with van der Waals surface area (Å²) in [7, 11) is -4.11. The Balaban J connectivity index is 2.48. The average molecular weight is 321 g/mol. The van der Waals surface area contributed by atoms with Crippen LogP contribution in [0.1, 0.15) is 13.3 Å². The minimum absolute atomic E-state index is 0.122. The summed E-state index contributed by atoms with van der Waals surface area (Å²) >= 11 is 5.73. The molecule has 0 aromatic heterocycles. The van der Waals surface area contributed by atoms with Gasteiger partial charge in [0, 0.05) is 18.1 Å².